The fourth-order valence-corrected chi connectivity index (χ4v) is 2.33. The number of piperidine rings is 1. The van der Waals surface area contributed by atoms with Crippen LogP contribution >= 0.6 is 0 Å². The number of aryl methyl sites for hydroxylation is 1. The monoisotopic (exact) mass is 218 g/mol. The van der Waals surface area contributed by atoms with Crippen molar-refractivity contribution in [3.8, 4) is 6.07 Å². The van der Waals surface area contributed by atoms with E-state index in [1.54, 1.807) is 0 Å². The first-order chi connectivity index (χ1) is 7.86. The third kappa shape index (κ3) is 2.10. The van der Waals surface area contributed by atoms with Crippen LogP contribution in [0, 0.1) is 11.3 Å². The Kier molecular flexibility index (Phi) is 3.58. The summed E-state index contributed by atoms with van der Waals surface area (Å²) in [6, 6.07) is 2.29. The van der Waals surface area contributed by atoms with Gasteiger partial charge in [0.2, 0.25) is 0 Å². The molecule has 1 fully saturated rings. The lowest BCUT2D eigenvalue weighted by molar-refractivity contribution is 0.191. The van der Waals surface area contributed by atoms with Crippen molar-refractivity contribution in [2.75, 3.05) is 13.1 Å². The topological polar surface area (TPSA) is 44.9 Å². The van der Waals surface area contributed by atoms with Crippen molar-refractivity contribution in [3.05, 3.63) is 18.2 Å². The van der Waals surface area contributed by atoms with Gasteiger partial charge in [0.25, 0.3) is 0 Å². The molecule has 0 bridgehead atoms. The van der Waals surface area contributed by atoms with E-state index in [0.29, 0.717) is 0 Å². The summed E-state index contributed by atoms with van der Waals surface area (Å²) in [7, 11) is 0. The quantitative estimate of drug-likeness (QED) is 0.779. The van der Waals surface area contributed by atoms with Gasteiger partial charge in [-0.25, -0.2) is 4.98 Å². The average molecular weight is 218 g/mol. The van der Waals surface area contributed by atoms with Gasteiger partial charge in [0.15, 0.2) is 0 Å². The Hall–Kier alpha value is -1.34. The molecule has 0 amide bonds. The number of nitrogens with zero attached hydrogens (tertiary/aromatic N) is 4. The number of likely N-dealkylation sites (tertiary alicyclic amines) is 1. The zero-order valence-corrected chi connectivity index (χ0v) is 9.76. The van der Waals surface area contributed by atoms with Crippen LogP contribution in [0.2, 0.25) is 0 Å². The number of hydrogen-bond acceptors (Lipinski definition) is 3. The van der Waals surface area contributed by atoms with Crippen LogP contribution in [0.25, 0.3) is 0 Å². The van der Waals surface area contributed by atoms with E-state index in [2.05, 4.69) is 27.4 Å². The smallest absolute Gasteiger partial charge is 0.140 e. The molecule has 1 aliphatic heterocycles. The van der Waals surface area contributed by atoms with E-state index in [0.717, 1.165) is 25.3 Å². The molecule has 16 heavy (non-hydrogen) atoms. The van der Waals surface area contributed by atoms with Crippen LogP contribution in [0.4, 0.5) is 0 Å². The molecule has 4 nitrogen and oxygen atoms in total. The van der Waals surface area contributed by atoms with Gasteiger partial charge in [-0.3, -0.25) is 4.90 Å². The highest BCUT2D eigenvalue weighted by Crippen LogP contribution is 2.23. The molecule has 1 unspecified atom stereocenters. The maximum Gasteiger partial charge on any atom is 0.140 e. The summed E-state index contributed by atoms with van der Waals surface area (Å²) in [5.41, 5.74) is 1.03. The Bertz CT molecular complexity index is 371. The van der Waals surface area contributed by atoms with Crippen molar-refractivity contribution >= 4 is 0 Å². The molecule has 4 heteroatoms. The molecule has 2 heterocycles. The highest BCUT2D eigenvalue weighted by molar-refractivity contribution is 5.14. The van der Waals surface area contributed by atoms with Gasteiger partial charge in [-0.1, -0.05) is 6.42 Å². The van der Waals surface area contributed by atoms with Crippen LogP contribution in [0.1, 0.15) is 37.9 Å². The molecule has 1 saturated heterocycles. The lowest BCUT2D eigenvalue weighted by Crippen LogP contribution is -2.34. The molecule has 0 aromatic carbocycles. The highest BCUT2D eigenvalue weighted by atomic mass is 15.2. The van der Waals surface area contributed by atoms with E-state index in [1.165, 1.54) is 19.3 Å². The van der Waals surface area contributed by atoms with Crippen LogP contribution in [0.5, 0.6) is 0 Å². The van der Waals surface area contributed by atoms with Crippen molar-refractivity contribution in [2.24, 2.45) is 0 Å². The summed E-state index contributed by atoms with van der Waals surface area (Å²) >= 11 is 0. The van der Waals surface area contributed by atoms with Crippen LogP contribution in [-0.4, -0.2) is 27.5 Å². The summed E-state index contributed by atoms with van der Waals surface area (Å²) in [4.78, 5) is 6.41. The molecule has 0 aliphatic carbocycles. The second-order valence-corrected chi connectivity index (χ2v) is 4.23. The molecular formula is C12H18N4. The van der Waals surface area contributed by atoms with Crippen LogP contribution in [-0.2, 0) is 6.54 Å². The van der Waals surface area contributed by atoms with E-state index in [1.807, 2.05) is 12.5 Å². The second-order valence-electron chi connectivity index (χ2n) is 4.23. The Balaban J connectivity index is 2.18. The fourth-order valence-electron chi connectivity index (χ4n) is 2.33. The molecule has 1 aromatic rings. The Morgan fingerprint density at radius 2 is 2.19 bits per heavy atom. The van der Waals surface area contributed by atoms with E-state index in [-0.39, 0.29) is 6.04 Å². The van der Waals surface area contributed by atoms with Crippen molar-refractivity contribution in [1.82, 2.24) is 14.5 Å². The zero-order chi connectivity index (χ0) is 11.4. The predicted octanol–water partition coefficient (Wildman–Crippen LogP) is 1.95. The summed E-state index contributed by atoms with van der Waals surface area (Å²) in [6.45, 7) is 5.03. The number of rotatable bonds is 3. The molecular weight excluding hydrogens is 200 g/mol. The van der Waals surface area contributed by atoms with Gasteiger partial charge in [-0.2, -0.15) is 5.26 Å². The van der Waals surface area contributed by atoms with Gasteiger partial charge in [0.1, 0.15) is 6.04 Å². The fraction of sp³-hybridized carbons (Fsp3) is 0.667. The third-order valence-electron chi connectivity index (χ3n) is 3.24. The zero-order valence-electron chi connectivity index (χ0n) is 9.76. The lowest BCUT2D eigenvalue weighted by Gasteiger charge is -2.30. The van der Waals surface area contributed by atoms with Gasteiger partial charge in [0.05, 0.1) is 24.3 Å². The van der Waals surface area contributed by atoms with Crippen LogP contribution < -0.4 is 0 Å². The number of aromatic nitrogens is 2. The summed E-state index contributed by atoms with van der Waals surface area (Å²) in [6.07, 6.45) is 7.34. The molecule has 0 radical (unpaired) electrons. The number of imidazole rings is 1. The van der Waals surface area contributed by atoms with Crippen molar-refractivity contribution in [1.29, 1.82) is 5.26 Å². The lowest BCUT2D eigenvalue weighted by atomic mass is 10.1. The first kappa shape index (κ1) is 11.2. The second kappa shape index (κ2) is 5.13. The minimum absolute atomic E-state index is 0.122. The highest BCUT2D eigenvalue weighted by Gasteiger charge is 2.24. The summed E-state index contributed by atoms with van der Waals surface area (Å²) < 4.78 is 2.06. The Morgan fingerprint density at radius 1 is 1.44 bits per heavy atom. The Labute approximate surface area is 96.5 Å². The van der Waals surface area contributed by atoms with Gasteiger partial charge in [-0.05, 0) is 32.9 Å². The minimum atomic E-state index is -0.122. The van der Waals surface area contributed by atoms with E-state index in [4.69, 9.17) is 0 Å². The minimum Gasteiger partial charge on any atom is -0.333 e. The van der Waals surface area contributed by atoms with Gasteiger partial charge in [-0.15, -0.1) is 0 Å². The molecule has 0 N–H and O–H groups in total. The first-order valence-corrected chi connectivity index (χ1v) is 6.00. The molecule has 1 aromatic heterocycles. The maximum absolute atomic E-state index is 9.34. The van der Waals surface area contributed by atoms with Gasteiger partial charge in [0, 0.05) is 6.54 Å². The SMILES string of the molecule is CCn1cncc1C(C#N)N1CCCCC1. The molecule has 86 valence electrons. The van der Waals surface area contributed by atoms with E-state index < -0.39 is 0 Å². The predicted molar refractivity (Wildman–Crippen MR) is 61.7 cm³/mol. The Morgan fingerprint density at radius 3 is 2.81 bits per heavy atom. The third-order valence-corrected chi connectivity index (χ3v) is 3.24. The maximum atomic E-state index is 9.34. The van der Waals surface area contributed by atoms with Gasteiger partial charge >= 0.3 is 0 Å². The first-order valence-electron chi connectivity index (χ1n) is 6.00. The molecule has 1 atom stereocenters. The van der Waals surface area contributed by atoms with Gasteiger partial charge < -0.3 is 4.57 Å². The van der Waals surface area contributed by atoms with Crippen molar-refractivity contribution in [3.63, 3.8) is 0 Å². The van der Waals surface area contributed by atoms with E-state index >= 15 is 0 Å². The normalized spacial score (nSPS) is 19.2. The van der Waals surface area contributed by atoms with Crippen LogP contribution in [0.15, 0.2) is 12.5 Å². The van der Waals surface area contributed by atoms with Crippen molar-refractivity contribution < 1.29 is 0 Å². The summed E-state index contributed by atoms with van der Waals surface area (Å²) in [5.74, 6) is 0. The molecule has 0 saturated carbocycles. The average Bonchev–Trinajstić information content (AvgIpc) is 2.80. The van der Waals surface area contributed by atoms with E-state index in [9.17, 15) is 5.26 Å². The van der Waals surface area contributed by atoms with Crippen LogP contribution in [0.3, 0.4) is 0 Å². The molecule has 2 rings (SSSR count). The summed E-state index contributed by atoms with van der Waals surface area (Å²) in [5, 5.41) is 9.34. The molecule has 0 spiro atoms. The number of hydrogen-bond donors (Lipinski definition) is 0. The number of nitriles is 1. The standard InChI is InChI=1S/C12H18N4/c1-2-15-10-14-9-12(15)11(8-13)16-6-4-3-5-7-16/h9-11H,2-7H2,1H3. The van der Waals surface area contributed by atoms with Crippen molar-refractivity contribution in [2.45, 2.75) is 38.8 Å². The largest absolute Gasteiger partial charge is 0.333 e. The molecule has 1 aliphatic rings.